The molecule has 9 nitrogen and oxygen atoms in total. The smallest absolute Gasteiger partial charge is 0.276 e. The van der Waals surface area contributed by atoms with Crippen molar-refractivity contribution < 1.29 is 27.5 Å². The molecule has 172 valence electrons. The highest BCUT2D eigenvalue weighted by Crippen LogP contribution is 2.26. The summed E-state index contributed by atoms with van der Waals surface area (Å²) in [5.74, 6) is -0.447. The molecule has 3 aromatic rings. The molecule has 0 spiro atoms. The van der Waals surface area contributed by atoms with E-state index >= 15 is 0 Å². The molecule has 0 aliphatic carbocycles. The van der Waals surface area contributed by atoms with Crippen LogP contribution in [0.3, 0.4) is 0 Å². The van der Waals surface area contributed by atoms with Gasteiger partial charge in [0.15, 0.2) is 6.61 Å². The number of hydrogen-bond donors (Lipinski definition) is 3. The summed E-state index contributed by atoms with van der Waals surface area (Å²) in [5.41, 5.74) is 4.74. The predicted octanol–water partition coefficient (Wildman–Crippen LogP) is 3.10. The molecule has 0 aliphatic rings. The summed E-state index contributed by atoms with van der Waals surface area (Å²) >= 11 is 3.30. The molecular weight excluding hydrogens is 514 g/mol. The Morgan fingerprint density at radius 1 is 0.939 bits per heavy atom. The van der Waals surface area contributed by atoms with Crippen LogP contribution >= 0.6 is 15.9 Å². The van der Waals surface area contributed by atoms with Crippen molar-refractivity contribution in [2.45, 2.75) is 4.90 Å². The van der Waals surface area contributed by atoms with Crippen molar-refractivity contribution in [3.63, 3.8) is 0 Å². The summed E-state index contributed by atoms with van der Waals surface area (Å²) in [4.78, 5) is 24.2. The normalized spacial score (nSPS) is 10.7. The second-order valence-electron chi connectivity index (χ2n) is 6.58. The highest BCUT2D eigenvalue weighted by atomic mass is 79.9. The van der Waals surface area contributed by atoms with Crippen LogP contribution in [0, 0.1) is 0 Å². The zero-order valence-electron chi connectivity index (χ0n) is 17.4. The molecule has 0 saturated carbocycles. The Hall–Kier alpha value is -3.57. The Morgan fingerprint density at radius 3 is 2.39 bits per heavy atom. The number of sulfonamides is 1. The van der Waals surface area contributed by atoms with Gasteiger partial charge in [-0.2, -0.15) is 0 Å². The second-order valence-corrected chi connectivity index (χ2v) is 9.18. The van der Waals surface area contributed by atoms with E-state index in [4.69, 9.17) is 9.47 Å². The van der Waals surface area contributed by atoms with Crippen molar-refractivity contribution in [3.8, 4) is 11.5 Å². The average molecular weight is 534 g/mol. The molecule has 0 atom stereocenters. The number of carbonyl (C=O) groups is 2. The number of methoxy groups -OCH3 is 1. The number of hydrazine groups is 1. The number of benzene rings is 3. The number of amides is 2. The second kappa shape index (κ2) is 10.8. The van der Waals surface area contributed by atoms with Crippen LogP contribution in [0.1, 0.15) is 10.4 Å². The standard InChI is InChI=1S/C22H20BrN3O6S/c1-31-20-8-3-2-7-19(20)26-33(29,30)18-6-4-5-15(13-18)22(28)25-24-21(27)14-32-17-11-9-16(23)10-12-17/h2-13,26H,14H2,1H3,(H,24,27)(H,25,28). The van der Waals surface area contributed by atoms with Crippen molar-refractivity contribution in [1.82, 2.24) is 10.9 Å². The van der Waals surface area contributed by atoms with E-state index in [-0.39, 0.29) is 22.8 Å². The van der Waals surface area contributed by atoms with Crippen LogP contribution < -0.4 is 25.0 Å². The number of hydrogen-bond acceptors (Lipinski definition) is 6. The quantitative estimate of drug-likeness (QED) is 0.382. The van der Waals surface area contributed by atoms with E-state index in [2.05, 4.69) is 31.5 Å². The third kappa shape index (κ3) is 6.70. The third-order valence-electron chi connectivity index (χ3n) is 4.26. The summed E-state index contributed by atoms with van der Waals surface area (Å²) in [5, 5.41) is 0. The van der Waals surface area contributed by atoms with E-state index in [1.807, 2.05) is 0 Å². The van der Waals surface area contributed by atoms with Crippen molar-refractivity contribution in [2.24, 2.45) is 0 Å². The van der Waals surface area contributed by atoms with Gasteiger partial charge < -0.3 is 9.47 Å². The molecule has 3 N–H and O–H groups in total. The van der Waals surface area contributed by atoms with Gasteiger partial charge in [-0.05, 0) is 54.6 Å². The lowest BCUT2D eigenvalue weighted by Gasteiger charge is -2.12. The Kier molecular flexibility index (Phi) is 7.91. The van der Waals surface area contributed by atoms with Gasteiger partial charge >= 0.3 is 0 Å². The van der Waals surface area contributed by atoms with Gasteiger partial charge in [0.2, 0.25) is 0 Å². The van der Waals surface area contributed by atoms with Gasteiger partial charge in [0, 0.05) is 10.0 Å². The van der Waals surface area contributed by atoms with Gasteiger partial charge in [0.25, 0.3) is 21.8 Å². The van der Waals surface area contributed by atoms with Gasteiger partial charge in [-0.15, -0.1) is 0 Å². The number of halogens is 1. The maximum Gasteiger partial charge on any atom is 0.276 e. The van der Waals surface area contributed by atoms with Gasteiger partial charge in [-0.3, -0.25) is 25.2 Å². The minimum absolute atomic E-state index is 0.0343. The van der Waals surface area contributed by atoms with E-state index in [1.165, 1.54) is 31.4 Å². The van der Waals surface area contributed by atoms with Crippen molar-refractivity contribution in [1.29, 1.82) is 0 Å². The lowest BCUT2D eigenvalue weighted by atomic mass is 10.2. The zero-order chi connectivity index (χ0) is 23.8. The van der Waals surface area contributed by atoms with Crippen LogP contribution in [0.2, 0.25) is 0 Å². The number of ether oxygens (including phenoxy) is 2. The first kappa shape index (κ1) is 24.1. The lowest BCUT2D eigenvalue weighted by molar-refractivity contribution is -0.123. The maximum absolute atomic E-state index is 12.8. The number of carbonyl (C=O) groups excluding carboxylic acids is 2. The van der Waals surface area contributed by atoms with Crippen molar-refractivity contribution in [3.05, 3.63) is 82.8 Å². The van der Waals surface area contributed by atoms with Crippen molar-refractivity contribution >= 4 is 43.5 Å². The number of anilines is 1. The first-order chi connectivity index (χ1) is 15.8. The van der Waals surface area contributed by atoms with E-state index in [0.717, 1.165) is 4.47 Å². The minimum atomic E-state index is -4.00. The molecule has 0 aliphatic heterocycles. The fraction of sp³-hybridized carbons (Fsp3) is 0.0909. The Morgan fingerprint density at radius 2 is 1.67 bits per heavy atom. The number of nitrogens with one attached hydrogen (secondary N) is 3. The first-order valence-electron chi connectivity index (χ1n) is 9.52. The van der Waals surface area contributed by atoms with Crippen LogP contribution in [0.15, 0.2) is 82.2 Å². The summed E-state index contributed by atoms with van der Waals surface area (Å²) in [6.45, 7) is -0.320. The number of para-hydroxylation sites is 2. The van der Waals surface area contributed by atoms with Crippen LogP contribution in [-0.4, -0.2) is 33.9 Å². The molecule has 0 unspecified atom stereocenters. The molecule has 3 rings (SSSR count). The monoisotopic (exact) mass is 533 g/mol. The molecule has 33 heavy (non-hydrogen) atoms. The summed E-state index contributed by atoms with van der Waals surface area (Å²) in [6, 6.07) is 18.8. The van der Waals surface area contributed by atoms with Gasteiger partial charge in [-0.25, -0.2) is 8.42 Å². The molecule has 3 aromatic carbocycles. The van der Waals surface area contributed by atoms with E-state index in [0.29, 0.717) is 11.5 Å². The summed E-state index contributed by atoms with van der Waals surface area (Å²) < 4.78 is 39.3. The molecule has 0 bridgehead atoms. The van der Waals surface area contributed by atoms with Crippen LogP contribution in [-0.2, 0) is 14.8 Å². The van der Waals surface area contributed by atoms with Crippen LogP contribution in [0.25, 0.3) is 0 Å². The van der Waals surface area contributed by atoms with E-state index in [1.54, 1.807) is 48.5 Å². The highest BCUT2D eigenvalue weighted by molar-refractivity contribution is 9.10. The average Bonchev–Trinajstić information content (AvgIpc) is 2.82. The fourth-order valence-corrected chi connectivity index (χ4v) is 4.03. The van der Waals surface area contributed by atoms with Gasteiger partial charge in [-0.1, -0.05) is 34.1 Å². The summed E-state index contributed by atoms with van der Waals surface area (Å²) in [7, 11) is -2.57. The third-order valence-corrected chi connectivity index (χ3v) is 6.15. The summed E-state index contributed by atoms with van der Waals surface area (Å²) in [6.07, 6.45) is 0. The Labute approximate surface area is 199 Å². The number of rotatable bonds is 8. The molecular formula is C22H20BrN3O6S. The largest absolute Gasteiger partial charge is 0.495 e. The fourth-order valence-electron chi connectivity index (χ4n) is 2.65. The molecule has 0 heterocycles. The molecule has 2 amide bonds. The minimum Gasteiger partial charge on any atom is -0.495 e. The lowest BCUT2D eigenvalue weighted by Crippen LogP contribution is -2.43. The molecule has 0 radical (unpaired) electrons. The van der Waals surface area contributed by atoms with Crippen LogP contribution in [0.4, 0.5) is 5.69 Å². The SMILES string of the molecule is COc1ccccc1NS(=O)(=O)c1cccc(C(=O)NNC(=O)COc2ccc(Br)cc2)c1. The maximum atomic E-state index is 12.8. The predicted molar refractivity (Wildman–Crippen MR) is 125 cm³/mol. The molecule has 0 saturated heterocycles. The van der Waals surface area contributed by atoms with Crippen molar-refractivity contribution in [2.75, 3.05) is 18.4 Å². The highest BCUT2D eigenvalue weighted by Gasteiger charge is 2.18. The topological polar surface area (TPSA) is 123 Å². The Balaban J connectivity index is 1.60. The first-order valence-corrected chi connectivity index (χ1v) is 11.8. The van der Waals surface area contributed by atoms with Gasteiger partial charge in [0.05, 0.1) is 17.7 Å². The van der Waals surface area contributed by atoms with Crippen LogP contribution in [0.5, 0.6) is 11.5 Å². The zero-order valence-corrected chi connectivity index (χ0v) is 19.8. The van der Waals surface area contributed by atoms with E-state index in [9.17, 15) is 18.0 Å². The van der Waals surface area contributed by atoms with E-state index < -0.39 is 21.8 Å². The molecule has 0 fully saturated rings. The molecule has 0 aromatic heterocycles. The van der Waals surface area contributed by atoms with Gasteiger partial charge in [0.1, 0.15) is 11.5 Å². The molecule has 11 heteroatoms. The Bertz CT molecular complexity index is 1250.